The highest BCUT2D eigenvalue weighted by molar-refractivity contribution is 7.99. The Hall–Kier alpha value is -1.14. The van der Waals surface area contributed by atoms with E-state index in [1.54, 1.807) is 0 Å². The Morgan fingerprint density at radius 3 is 2.94 bits per heavy atom. The van der Waals surface area contributed by atoms with Gasteiger partial charge < -0.3 is 5.11 Å². The number of aromatic nitrogens is 2. The molecule has 1 saturated heterocycles. The van der Waals surface area contributed by atoms with E-state index in [-0.39, 0.29) is 5.56 Å². The second-order valence-corrected chi connectivity index (χ2v) is 4.80. The molecule has 0 atom stereocenters. The Balaban J connectivity index is 2.10. The lowest BCUT2D eigenvalue weighted by atomic mass is 10.2. The molecule has 0 unspecified atom stereocenters. The lowest BCUT2D eigenvalue weighted by molar-refractivity contribution is 0.0693. The van der Waals surface area contributed by atoms with Crippen LogP contribution >= 0.6 is 11.8 Å². The van der Waals surface area contributed by atoms with E-state index in [9.17, 15) is 4.79 Å². The summed E-state index contributed by atoms with van der Waals surface area (Å²) >= 11 is 1.93. The Kier molecular flexibility index (Phi) is 3.74. The number of carboxylic acid groups (broad SMARTS) is 1. The molecule has 1 aromatic rings. The lowest BCUT2D eigenvalue weighted by Gasteiger charge is -2.25. The Labute approximate surface area is 97.9 Å². The number of nitrogens with zero attached hydrogens (tertiary/aromatic N) is 3. The molecular weight excluding hydrogens is 226 g/mol. The van der Waals surface area contributed by atoms with Crippen molar-refractivity contribution in [3.63, 3.8) is 0 Å². The minimum atomic E-state index is -0.956. The maximum Gasteiger partial charge on any atom is 0.339 e. The molecule has 0 saturated carbocycles. The standard InChI is InChI=1S/C10H13N3O2S/c14-10(15)8-5-11-7-12-9(8)6-13-1-3-16-4-2-13/h5,7H,1-4,6H2,(H,14,15). The Morgan fingerprint density at radius 2 is 2.25 bits per heavy atom. The second-order valence-electron chi connectivity index (χ2n) is 3.58. The number of hydrogen-bond donors (Lipinski definition) is 1. The molecule has 1 aliphatic heterocycles. The molecule has 6 heteroatoms. The molecule has 1 N–H and O–H groups in total. The molecule has 1 aliphatic rings. The van der Waals surface area contributed by atoms with E-state index in [0.717, 1.165) is 24.6 Å². The summed E-state index contributed by atoms with van der Waals surface area (Å²) in [5, 5.41) is 8.99. The second kappa shape index (κ2) is 5.27. The van der Waals surface area contributed by atoms with Crippen LogP contribution < -0.4 is 0 Å². The third-order valence-electron chi connectivity index (χ3n) is 2.50. The number of aromatic carboxylic acids is 1. The van der Waals surface area contributed by atoms with Gasteiger partial charge in [0, 0.05) is 37.3 Å². The van der Waals surface area contributed by atoms with Gasteiger partial charge in [-0.05, 0) is 0 Å². The van der Waals surface area contributed by atoms with Crippen molar-refractivity contribution < 1.29 is 9.90 Å². The van der Waals surface area contributed by atoms with Crippen LogP contribution in [0.5, 0.6) is 0 Å². The monoisotopic (exact) mass is 239 g/mol. The first-order valence-electron chi connectivity index (χ1n) is 5.09. The van der Waals surface area contributed by atoms with Crippen molar-refractivity contribution in [2.75, 3.05) is 24.6 Å². The third-order valence-corrected chi connectivity index (χ3v) is 3.44. The lowest BCUT2D eigenvalue weighted by Crippen LogP contribution is -2.32. The summed E-state index contributed by atoms with van der Waals surface area (Å²) in [4.78, 5) is 21.0. The molecule has 2 rings (SSSR count). The number of thioether (sulfide) groups is 1. The quantitative estimate of drug-likeness (QED) is 0.838. The molecule has 16 heavy (non-hydrogen) atoms. The van der Waals surface area contributed by atoms with E-state index < -0.39 is 5.97 Å². The normalized spacial score (nSPS) is 17.2. The van der Waals surface area contributed by atoms with E-state index in [1.165, 1.54) is 12.5 Å². The number of hydrogen-bond acceptors (Lipinski definition) is 5. The summed E-state index contributed by atoms with van der Waals surface area (Å²) in [6.07, 6.45) is 2.77. The molecule has 86 valence electrons. The first-order chi connectivity index (χ1) is 7.77. The van der Waals surface area contributed by atoms with Gasteiger partial charge in [0.1, 0.15) is 11.9 Å². The fourth-order valence-corrected chi connectivity index (χ4v) is 2.61. The summed E-state index contributed by atoms with van der Waals surface area (Å²) in [5.41, 5.74) is 0.815. The molecule has 0 radical (unpaired) electrons. The molecule has 0 amide bonds. The molecule has 0 bridgehead atoms. The van der Waals surface area contributed by atoms with Gasteiger partial charge in [-0.2, -0.15) is 11.8 Å². The summed E-state index contributed by atoms with van der Waals surface area (Å²) in [6, 6.07) is 0. The minimum absolute atomic E-state index is 0.209. The van der Waals surface area contributed by atoms with Crippen LogP contribution in [-0.2, 0) is 6.54 Å². The highest BCUT2D eigenvalue weighted by Gasteiger charge is 2.16. The van der Waals surface area contributed by atoms with Gasteiger partial charge in [0.25, 0.3) is 0 Å². The van der Waals surface area contributed by atoms with Gasteiger partial charge in [-0.15, -0.1) is 0 Å². The van der Waals surface area contributed by atoms with Crippen molar-refractivity contribution in [2.45, 2.75) is 6.54 Å². The van der Waals surface area contributed by atoms with Gasteiger partial charge in [0.15, 0.2) is 0 Å². The predicted molar refractivity (Wildman–Crippen MR) is 61.6 cm³/mol. The molecule has 2 heterocycles. The number of rotatable bonds is 3. The molecule has 5 nitrogen and oxygen atoms in total. The van der Waals surface area contributed by atoms with Crippen LogP contribution in [0.3, 0.4) is 0 Å². The highest BCUT2D eigenvalue weighted by atomic mass is 32.2. The zero-order valence-electron chi connectivity index (χ0n) is 8.80. The first-order valence-corrected chi connectivity index (χ1v) is 6.25. The van der Waals surface area contributed by atoms with Crippen LogP contribution in [-0.4, -0.2) is 50.5 Å². The zero-order chi connectivity index (χ0) is 11.4. The molecule has 0 aromatic carbocycles. The summed E-state index contributed by atoms with van der Waals surface area (Å²) < 4.78 is 0. The van der Waals surface area contributed by atoms with Gasteiger partial charge in [0.2, 0.25) is 0 Å². The van der Waals surface area contributed by atoms with E-state index >= 15 is 0 Å². The highest BCUT2D eigenvalue weighted by Crippen LogP contribution is 2.13. The summed E-state index contributed by atoms with van der Waals surface area (Å²) in [5.74, 6) is 1.25. The maximum atomic E-state index is 11.0. The van der Waals surface area contributed by atoms with E-state index in [1.807, 2.05) is 11.8 Å². The van der Waals surface area contributed by atoms with Gasteiger partial charge >= 0.3 is 5.97 Å². The fraction of sp³-hybridized carbons (Fsp3) is 0.500. The van der Waals surface area contributed by atoms with Crippen molar-refractivity contribution in [3.05, 3.63) is 23.8 Å². The third kappa shape index (κ3) is 2.70. The van der Waals surface area contributed by atoms with Gasteiger partial charge in [0.05, 0.1) is 5.69 Å². The van der Waals surface area contributed by atoms with Crippen molar-refractivity contribution in [1.29, 1.82) is 0 Å². The molecular formula is C10H13N3O2S. The van der Waals surface area contributed by atoms with Crippen molar-refractivity contribution >= 4 is 17.7 Å². The predicted octanol–water partition coefficient (Wildman–Crippen LogP) is 0.724. The van der Waals surface area contributed by atoms with Gasteiger partial charge in [-0.3, -0.25) is 4.90 Å². The van der Waals surface area contributed by atoms with Crippen molar-refractivity contribution in [2.24, 2.45) is 0 Å². The van der Waals surface area contributed by atoms with Crippen molar-refractivity contribution in [1.82, 2.24) is 14.9 Å². The number of carboxylic acids is 1. The average Bonchev–Trinajstić information content (AvgIpc) is 2.31. The van der Waals surface area contributed by atoms with E-state index in [0.29, 0.717) is 12.2 Å². The smallest absolute Gasteiger partial charge is 0.339 e. The van der Waals surface area contributed by atoms with E-state index in [4.69, 9.17) is 5.11 Å². The minimum Gasteiger partial charge on any atom is -0.478 e. The first kappa shape index (κ1) is 11.3. The molecule has 1 fully saturated rings. The van der Waals surface area contributed by atoms with E-state index in [2.05, 4.69) is 14.9 Å². The fourth-order valence-electron chi connectivity index (χ4n) is 1.63. The molecule has 0 spiro atoms. The van der Waals surface area contributed by atoms with Crippen LogP contribution in [0, 0.1) is 0 Å². The topological polar surface area (TPSA) is 66.3 Å². The Bertz CT molecular complexity index is 380. The molecule has 0 aliphatic carbocycles. The van der Waals surface area contributed by atoms with Crippen LogP contribution in [0.1, 0.15) is 16.1 Å². The largest absolute Gasteiger partial charge is 0.478 e. The Morgan fingerprint density at radius 1 is 1.50 bits per heavy atom. The van der Waals surface area contributed by atoms with Crippen molar-refractivity contribution in [3.8, 4) is 0 Å². The summed E-state index contributed by atoms with van der Waals surface area (Å²) in [7, 11) is 0. The zero-order valence-corrected chi connectivity index (χ0v) is 9.61. The van der Waals surface area contributed by atoms with Gasteiger partial charge in [-0.1, -0.05) is 0 Å². The van der Waals surface area contributed by atoms with Gasteiger partial charge in [-0.25, -0.2) is 14.8 Å². The summed E-state index contributed by atoms with van der Waals surface area (Å²) in [6.45, 7) is 2.59. The molecule has 1 aromatic heterocycles. The van der Waals surface area contributed by atoms with Crippen LogP contribution in [0.15, 0.2) is 12.5 Å². The van der Waals surface area contributed by atoms with Crippen LogP contribution in [0.2, 0.25) is 0 Å². The van der Waals surface area contributed by atoms with Crippen LogP contribution in [0.4, 0.5) is 0 Å². The van der Waals surface area contributed by atoms with Crippen LogP contribution in [0.25, 0.3) is 0 Å². The average molecular weight is 239 g/mol. The number of carbonyl (C=O) groups is 1. The maximum absolute atomic E-state index is 11.0. The SMILES string of the molecule is O=C(O)c1cncnc1CN1CCSCC1.